The number of benzene rings is 4. The summed E-state index contributed by atoms with van der Waals surface area (Å²) in [5.41, 5.74) is 2.89. The average Bonchev–Trinajstić information content (AvgIpc) is 2.93. The highest BCUT2D eigenvalue weighted by Crippen LogP contribution is 2.37. The van der Waals surface area contributed by atoms with Gasteiger partial charge in [-0.2, -0.15) is 5.10 Å². The third-order valence-corrected chi connectivity index (χ3v) is 6.63. The number of methoxy groups -OCH3 is 1. The molecule has 0 saturated heterocycles. The molecule has 0 heterocycles. The van der Waals surface area contributed by atoms with Crippen LogP contribution in [0, 0.1) is 0 Å². The average molecular weight is 580 g/mol. The number of aliphatic hydroxyl groups is 1. The van der Waals surface area contributed by atoms with Crippen LogP contribution in [0.5, 0.6) is 11.5 Å². The number of carbonyl (C=O) groups excluding carboxylic acids is 1. The van der Waals surface area contributed by atoms with Gasteiger partial charge in [0.2, 0.25) is 0 Å². The lowest BCUT2D eigenvalue weighted by molar-refractivity contribution is -0.136. The largest absolute Gasteiger partial charge is 0.493 e. The van der Waals surface area contributed by atoms with Crippen LogP contribution in [0.25, 0.3) is 0 Å². The van der Waals surface area contributed by atoms with E-state index in [1.165, 1.54) is 13.3 Å². The summed E-state index contributed by atoms with van der Waals surface area (Å²) in [6, 6.07) is 28.4. The number of rotatable bonds is 9. The number of ether oxygens (including phenoxy) is 2. The first-order chi connectivity index (χ1) is 17.9. The highest BCUT2D eigenvalue weighted by molar-refractivity contribution is 9.10. The smallest absolute Gasteiger partial charge is 0.281 e. The standard InChI is InChI=1S/C29H24BrClN2O4/c1-36-26-17-20(16-24(30)27(26)37-19-21-10-8-9-15-25(21)31)18-32-33-28(34)29(35,22-11-4-2-5-12-22)23-13-6-3-7-14-23/h2-18,35H,19H2,1H3,(H,33,34). The number of nitrogens with zero attached hydrogens (tertiary/aromatic N) is 1. The molecule has 8 heteroatoms. The zero-order valence-electron chi connectivity index (χ0n) is 19.9. The molecule has 2 N–H and O–H groups in total. The van der Waals surface area contributed by atoms with Gasteiger partial charge in [0.25, 0.3) is 5.91 Å². The van der Waals surface area contributed by atoms with Crippen LogP contribution >= 0.6 is 27.5 Å². The third-order valence-electron chi connectivity index (χ3n) is 5.67. The van der Waals surface area contributed by atoms with Crippen LogP contribution in [0.2, 0.25) is 5.02 Å². The highest BCUT2D eigenvalue weighted by Gasteiger charge is 2.39. The number of carbonyl (C=O) groups is 1. The molecule has 0 aliphatic carbocycles. The van der Waals surface area contributed by atoms with Crippen molar-refractivity contribution < 1.29 is 19.4 Å². The van der Waals surface area contributed by atoms with E-state index in [9.17, 15) is 9.90 Å². The number of halogens is 2. The Balaban J connectivity index is 1.53. The van der Waals surface area contributed by atoms with Gasteiger partial charge in [-0.25, -0.2) is 5.43 Å². The Kier molecular flexibility index (Phi) is 8.61. The topological polar surface area (TPSA) is 80.2 Å². The molecule has 0 saturated carbocycles. The normalized spacial score (nSPS) is 11.4. The molecule has 0 radical (unpaired) electrons. The first-order valence-electron chi connectivity index (χ1n) is 11.3. The second-order valence-corrected chi connectivity index (χ2v) is 9.32. The number of nitrogens with one attached hydrogen (secondary N) is 1. The minimum atomic E-state index is -1.92. The summed E-state index contributed by atoms with van der Waals surface area (Å²) in [7, 11) is 1.53. The summed E-state index contributed by atoms with van der Waals surface area (Å²) in [6.45, 7) is 0.260. The highest BCUT2D eigenvalue weighted by atomic mass is 79.9. The van der Waals surface area contributed by atoms with E-state index < -0.39 is 11.5 Å². The van der Waals surface area contributed by atoms with Crippen molar-refractivity contribution in [2.45, 2.75) is 12.2 Å². The second-order valence-electron chi connectivity index (χ2n) is 8.06. The van der Waals surface area contributed by atoms with E-state index in [4.69, 9.17) is 21.1 Å². The lowest BCUT2D eigenvalue weighted by atomic mass is 9.85. The van der Waals surface area contributed by atoms with Crippen LogP contribution < -0.4 is 14.9 Å². The first kappa shape index (κ1) is 26.4. The van der Waals surface area contributed by atoms with E-state index in [1.54, 1.807) is 66.7 Å². The molecule has 0 aromatic heterocycles. The van der Waals surface area contributed by atoms with Crippen molar-refractivity contribution in [3.63, 3.8) is 0 Å². The fraction of sp³-hybridized carbons (Fsp3) is 0.103. The van der Waals surface area contributed by atoms with E-state index in [2.05, 4.69) is 26.5 Å². The van der Waals surface area contributed by atoms with Gasteiger partial charge in [-0.15, -0.1) is 0 Å². The van der Waals surface area contributed by atoms with Crippen LogP contribution in [0.15, 0.2) is 107 Å². The van der Waals surface area contributed by atoms with Gasteiger partial charge in [-0.3, -0.25) is 4.79 Å². The maximum absolute atomic E-state index is 13.2. The van der Waals surface area contributed by atoms with Crippen LogP contribution in [-0.2, 0) is 17.0 Å². The molecule has 4 rings (SSSR count). The molecular formula is C29H24BrClN2O4. The van der Waals surface area contributed by atoms with Crippen LogP contribution in [0.1, 0.15) is 22.3 Å². The zero-order valence-corrected chi connectivity index (χ0v) is 22.2. The van der Waals surface area contributed by atoms with Gasteiger partial charge in [0.05, 0.1) is 17.8 Å². The van der Waals surface area contributed by atoms with Crippen LogP contribution in [0.4, 0.5) is 0 Å². The first-order valence-corrected chi connectivity index (χ1v) is 12.5. The Labute approximate surface area is 228 Å². The van der Waals surface area contributed by atoms with Gasteiger partial charge in [-0.1, -0.05) is 90.5 Å². The molecule has 4 aromatic rings. The van der Waals surface area contributed by atoms with Crippen molar-refractivity contribution in [2.24, 2.45) is 5.10 Å². The molecule has 0 fully saturated rings. The van der Waals surface area contributed by atoms with Crippen molar-refractivity contribution in [3.05, 3.63) is 129 Å². The number of hydrogen-bond donors (Lipinski definition) is 2. The van der Waals surface area contributed by atoms with Gasteiger partial charge in [0.1, 0.15) is 6.61 Å². The van der Waals surface area contributed by atoms with Crippen molar-refractivity contribution in [1.29, 1.82) is 0 Å². The lowest BCUT2D eigenvalue weighted by Gasteiger charge is -2.27. The Morgan fingerprint density at radius 1 is 1.00 bits per heavy atom. The zero-order chi connectivity index (χ0) is 26.3. The fourth-order valence-electron chi connectivity index (χ4n) is 3.75. The minimum absolute atomic E-state index is 0.260. The third kappa shape index (κ3) is 6.02. The summed E-state index contributed by atoms with van der Waals surface area (Å²) in [5, 5.41) is 16.2. The summed E-state index contributed by atoms with van der Waals surface area (Å²) < 4.78 is 12.1. The second kappa shape index (κ2) is 12.1. The number of amides is 1. The molecule has 0 unspecified atom stereocenters. The SMILES string of the molecule is COc1cc(C=NNC(=O)C(O)(c2ccccc2)c2ccccc2)cc(Br)c1OCc1ccccc1Cl. The molecule has 6 nitrogen and oxygen atoms in total. The predicted molar refractivity (Wildman–Crippen MR) is 148 cm³/mol. The molecule has 4 aromatic carbocycles. The van der Waals surface area contributed by atoms with Gasteiger partial charge >= 0.3 is 0 Å². The number of hydrogen-bond acceptors (Lipinski definition) is 5. The summed E-state index contributed by atoms with van der Waals surface area (Å²) in [6.07, 6.45) is 1.46. The van der Waals surface area contributed by atoms with E-state index in [0.29, 0.717) is 37.7 Å². The monoisotopic (exact) mass is 578 g/mol. The molecule has 0 aliphatic heterocycles. The van der Waals surface area contributed by atoms with E-state index in [-0.39, 0.29) is 6.61 Å². The van der Waals surface area contributed by atoms with Gasteiger partial charge in [0, 0.05) is 10.6 Å². The Morgan fingerprint density at radius 3 is 2.19 bits per heavy atom. The van der Waals surface area contributed by atoms with Crippen molar-refractivity contribution in [2.75, 3.05) is 7.11 Å². The Hall–Kier alpha value is -3.65. The van der Waals surface area contributed by atoms with Crippen LogP contribution in [-0.4, -0.2) is 24.3 Å². The van der Waals surface area contributed by atoms with Crippen molar-refractivity contribution in [1.82, 2.24) is 5.43 Å². The molecular weight excluding hydrogens is 556 g/mol. The quantitative estimate of drug-likeness (QED) is 0.186. The van der Waals surface area contributed by atoms with Crippen molar-refractivity contribution in [3.8, 4) is 11.5 Å². The molecule has 0 spiro atoms. The predicted octanol–water partition coefficient (Wildman–Crippen LogP) is 6.08. The maximum Gasteiger partial charge on any atom is 0.281 e. The molecule has 37 heavy (non-hydrogen) atoms. The summed E-state index contributed by atoms with van der Waals surface area (Å²) >= 11 is 9.75. The van der Waals surface area contributed by atoms with E-state index in [0.717, 1.165) is 5.56 Å². The van der Waals surface area contributed by atoms with E-state index >= 15 is 0 Å². The molecule has 188 valence electrons. The minimum Gasteiger partial charge on any atom is -0.493 e. The maximum atomic E-state index is 13.2. The molecule has 0 bridgehead atoms. The van der Waals surface area contributed by atoms with Crippen molar-refractivity contribution >= 4 is 39.7 Å². The summed E-state index contributed by atoms with van der Waals surface area (Å²) in [4.78, 5) is 13.2. The molecule has 0 atom stereocenters. The van der Waals surface area contributed by atoms with Gasteiger partial charge < -0.3 is 14.6 Å². The van der Waals surface area contributed by atoms with Gasteiger partial charge in [0.15, 0.2) is 17.1 Å². The molecule has 1 amide bonds. The fourth-order valence-corrected chi connectivity index (χ4v) is 4.52. The Morgan fingerprint density at radius 2 is 1.59 bits per heavy atom. The van der Waals surface area contributed by atoms with Crippen LogP contribution in [0.3, 0.4) is 0 Å². The van der Waals surface area contributed by atoms with E-state index in [1.807, 2.05) is 30.3 Å². The molecule has 0 aliphatic rings. The lowest BCUT2D eigenvalue weighted by Crippen LogP contribution is -2.43. The Bertz CT molecular complexity index is 1360. The van der Waals surface area contributed by atoms with Gasteiger partial charge in [-0.05, 0) is 50.8 Å². The number of hydrazone groups is 1. The summed E-state index contributed by atoms with van der Waals surface area (Å²) in [5.74, 6) is 0.289.